The summed E-state index contributed by atoms with van der Waals surface area (Å²) in [5.74, 6) is -0.104. The summed E-state index contributed by atoms with van der Waals surface area (Å²) in [4.78, 5) is 16.1. The third-order valence-corrected chi connectivity index (χ3v) is 4.19. The van der Waals surface area contributed by atoms with Crippen molar-refractivity contribution in [2.75, 3.05) is 13.2 Å². The van der Waals surface area contributed by atoms with E-state index in [0.29, 0.717) is 23.1 Å². The van der Waals surface area contributed by atoms with Crippen molar-refractivity contribution in [2.24, 2.45) is 5.41 Å². The van der Waals surface area contributed by atoms with Crippen LogP contribution in [0.4, 0.5) is 0 Å². The molecule has 1 aromatic heterocycles. The van der Waals surface area contributed by atoms with Crippen LogP contribution >= 0.6 is 15.9 Å². The standard InChI is InChI=1S/C14H21BrN2O2/c1-3-14(4-2,6-8-18)10-17-13(19)11-5-7-16-12(15)9-11/h5,7,9,18H,3-4,6,8,10H2,1-2H3,(H,17,19). The third kappa shape index (κ3) is 4.58. The number of hydrogen-bond donors (Lipinski definition) is 2. The van der Waals surface area contributed by atoms with Crippen LogP contribution in [0.2, 0.25) is 0 Å². The van der Waals surface area contributed by atoms with Crippen molar-refractivity contribution in [3.05, 3.63) is 28.5 Å². The van der Waals surface area contributed by atoms with Crippen LogP contribution in [0.5, 0.6) is 0 Å². The van der Waals surface area contributed by atoms with E-state index in [0.717, 1.165) is 12.8 Å². The first-order chi connectivity index (χ1) is 9.06. The highest BCUT2D eigenvalue weighted by Gasteiger charge is 2.26. The summed E-state index contributed by atoms with van der Waals surface area (Å²) in [6.45, 7) is 4.92. The van der Waals surface area contributed by atoms with Gasteiger partial charge in [0.25, 0.3) is 5.91 Å². The number of rotatable bonds is 7. The van der Waals surface area contributed by atoms with E-state index >= 15 is 0 Å². The van der Waals surface area contributed by atoms with Crippen molar-refractivity contribution in [3.8, 4) is 0 Å². The van der Waals surface area contributed by atoms with Gasteiger partial charge in [-0.25, -0.2) is 4.98 Å². The van der Waals surface area contributed by atoms with E-state index in [-0.39, 0.29) is 17.9 Å². The van der Waals surface area contributed by atoms with Crippen molar-refractivity contribution in [1.82, 2.24) is 10.3 Å². The van der Waals surface area contributed by atoms with Crippen LogP contribution in [-0.2, 0) is 0 Å². The first-order valence-corrected chi connectivity index (χ1v) is 7.37. The van der Waals surface area contributed by atoms with E-state index < -0.39 is 0 Å². The fourth-order valence-corrected chi connectivity index (χ4v) is 2.46. The molecule has 106 valence electrons. The Morgan fingerprint density at radius 2 is 2.16 bits per heavy atom. The molecule has 0 saturated heterocycles. The molecule has 1 aromatic rings. The predicted molar refractivity (Wildman–Crippen MR) is 79.0 cm³/mol. The zero-order valence-electron chi connectivity index (χ0n) is 11.4. The summed E-state index contributed by atoms with van der Waals surface area (Å²) in [7, 11) is 0. The zero-order chi connectivity index (χ0) is 14.3. The second kappa shape index (κ2) is 7.60. The molecule has 1 rings (SSSR count). The molecule has 0 unspecified atom stereocenters. The lowest BCUT2D eigenvalue weighted by molar-refractivity contribution is 0.0907. The molecule has 4 nitrogen and oxygen atoms in total. The lowest BCUT2D eigenvalue weighted by Gasteiger charge is -2.31. The minimum atomic E-state index is -0.104. The topological polar surface area (TPSA) is 62.2 Å². The summed E-state index contributed by atoms with van der Waals surface area (Å²) in [5, 5.41) is 12.1. The number of carbonyl (C=O) groups is 1. The van der Waals surface area contributed by atoms with Crippen LogP contribution < -0.4 is 5.32 Å². The van der Waals surface area contributed by atoms with Gasteiger partial charge in [0, 0.05) is 24.9 Å². The molecule has 0 bridgehead atoms. The molecule has 0 aliphatic carbocycles. The van der Waals surface area contributed by atoms with E-state index in [1.165, 1.54) is 0 Å². The number of aromatic nitrogens is 1. The molecule has 0 fully saturated rings. The monoisotopic (exact) mass is 328 g/mol. The number of nitrogens with zero attached hydrogens (tertiary/aromatic N) is 1. The molecule has 2 N–H and O–H groups in total. The van der Waals surface area contributed by atoms with E-state index in [1.807, 2.05) is 0 Å². The fourth-order valence-electron chi connectivity index (χ4n) is 2.09. The Bertz CT molecular complexity index is 420. The number of halogens is 1. The van der Waals surface area contributed by atoms with Gasteiger partial charge in [0.15, 0.2) is 0 Å². The van der Waals surface area contributed by atoms with Crippen molar-refractivity contribution in [2.45, 2.75) is 33.1 Å². The predicted octanol–water partition coefficient (Wildman–Crippen LogP) is 2.76. The second-order valence-corrected chi connectivity index (χ2v) is 5.54. The maximum Gasteiger partial charge on any atom is 0.251 e. The number of aliphatic hydroxyl groups is 1. The smallest absolute Gasteiger partial charge is 0.251 e. The maximum absolute atomic E-state index is 12.1. The minimum Gasteiger partial charge on any atom is -0.396 e. The van der Waals surface area contributed by atoms with Crippen LogP contribution in [0.3, 0.4) is 0 Å². The molecule has 0 aliphatic rings. The molecule has 5 heteroatoms. The molecular formula is C14H21BrN2O2. The Kier molecular flexibility index (Phi) is 6.45. The van der Waals surface area contributed by atoms with Crippen molar-refractivity contribution < 1.29 is 9.90 Å². The molecule has 1 heterocycles. The number of nitrogens with one attached hydrogen (secondary N) is 1. The first-order valence-electron chi connectivity index (χ1n) is 6.57. The van der Waals surface area contributed by atoms with Crippen LogP contribution in [0.25, 0.3) is 0 Å². The highest BCUT2D eigenvalue weighted by Crippen LogP contribution is 2.29. The number of hydrogen-bond acceptors (Lipinski definition) is 3. The number of pyridine rings is 1. The van der Waals surface area contributed by atoms with E-state index in [4.69, 9.17) is 5.11 Å². The Hall–Kier alpha value is -0.940. The highest BCUT2D eigenvalue weighted by molar-refractivity contribution is 9.10. The summed E-state index contributed by atoms with van der Waals surface area (Å²) < 4.78 is 0.646. The normalized spacial score (nSPS) is 11.4. The largest absolute Gasteiger partial charge is 0.396 e. The van der Waals surface area contributed by atoms with Gasteiger partial charge in [-0.05, 0) is 52.7 Å². The quantitative estimate of drug-likeness (QED) is 0.756. The Labute approximate surface area is 122 Å². The summed E-state index contributed by atoms with van der Waals surface area (Å²) in [6, 6.07) is 3.38. The van der Waals surface area contributed by atoms with Gasteiger partial charge in [-0.3, -0.25) is 4.79 Å². The third-order valence-electron chi connectivity index (χ3n) is 3.75. The van der Waals surface area contributed by atoms with Crippen molar-refractivity contribution in [3.63, 3.8) is 0 Å². The fraction of sp³-hybridized carbons (Fsp3) is 0.571. The van der Waals surface area contributed by atoms with Crippen LogP contribution in [0, 0.1) is 5.41 Å². The number of aliphatic hydroxyl groups excluding tert-OH is 1. The van der Waals surface area contributed by atoms with Gasteiger partial charge in [-0.15, -0.1) is 0 Å². The van der Waals surface area contributed by atoms with Crippen LogP contribution in [-0.4, -0.2) is 29.1 Å². The van der Waals surface area contributed by atoms with E-state index in [1.54, 1.807) is 18.3 Å². The van der Waals surface area contributed by atoms with Gasteiger partial charge in [0.2, 0.25) is 0 Å². The zero-order valence-corrected chi connectivity index (χ0v) is 13.0. The van der Waals surface area contributed by atoms with E-state index in [9.17, 15) is 4.79 Å². The minimum absolute atomic E-state index is 0.0192. The summed E-state index contributed by atoms with van der Waals surface area (Å²) in [6.07, 6.45) is 4.18. The average molecular weight is 329 g/mol. The Morgan fingerprint density at radius 3 is 2.68 bits per heavy atom. The van der Waals surface area contributed by atoms with Gasteiger partial charge < -0.3 is 10.4 Å². The van der Waals surface area contributed by atoms with Gasteiger partial charge in [-0.2, -0.15) is 0 Å². The molecule has 0 radical (unpaired) electrons. The Morgan fingerprint density at radius 1 is 1.47 bits per heavy atom. The highest BCUT2D eigenvalue weighted by atomic mass is 79.9. The van der Waals surface area contributed by atoms with Crippen LogP contribution in [0.15, 0.2) is 22.9 Å². The molecule has 19 heavy (non-hydrogen) atoms. The van der Waals surface area contributed by atoms with Gasteiger partial charge in [-0.1, -0.05) is 13.8 Å². The Balaban J connectivity index is 2.66. The average Bonchev–Trinajstić information content (AvgIpc) is 2.43. The summed E-state index contributed by atoms with van der Waals surface area (Å²) in [5.41, 5.74) is 0.571. The molecule has 0 saturated carbocycles. The molecule has 0 atom stereocenters. The lowest BCUT2D eigenvalue weighted by Crippen LogP contribution is -2.37. The second-order valence-electron chi connectivity index (χ2n) is 4.73. The lowest BCUT2D eigenvalue weighted by atomic mass is 9.79. The van der Waals surface area contributed by atoms with Crippen molar-refractivity contribution in [1.29, 1.82) is 0 Å². The molecular weight excluding hydrogens is 308 g/mol. The van der Waals surface area contributed by atoms with Gasteiger partial charge in [0.1, 0.15) is 4.60 Å². The SMILES string of the molecule is CCC(CC)(CCO)CNC(=O)c1ccnc(Br)c1. The molecule has 0 spiro atoms. The number of amides is 1. The molecule has 1 amide bonds. The maximum atomic E-state index is 12.1. The first kappa shape index (κ1) is 16.1. The molecule has 0 aromatic carbocycles. The molecule has 0 aliphatic heterocycles. The van der Waals surface area contributed by atoms with Gasteiger partial charge in [0.05, 0.1) is 0 Å². The summed E-state index contributed by atoms with van der Waals surface area (Å²) >= 11 is 3.25. The van der Waals surface area contributed by atoms with Crippen molar-refractivity contribution >= 4 is 21.8 Å². The van der Waals surface area contributed by atoms with Crippen LogP contribution in [0.1, 0.15) is 43.5 Å². The van der Waals surface area contributed by atoms with Gasteiger partial charge >= 0.3 is 0 Å². The number of carbonyl (C=O) groups excluding carboxylic acids is 1. The van der Waals surface area contributed by atoms with E-state index in [2.05, 4.69) is 40.1 Å².